The van der Waals surface area contributed by atoms with Crippen molar-refractivity contribution in [2.24, 2.45) is 11.8 Å². The molecule has 0 radical (unpaired) electrons. The fourth-order valence-electron chi connectivity index (χ4n) is 6.05. The lowest BCUT2D eigenvalue weighted by Crippen LogP contribution is -2.54. The van der Waals surface area contributed by atoms with Crippen molar-refractivity contribution in [3.8, 4) is 0 Å². The fourth-order valence-corrected chi connectivity index (χ4v) is 6.59. The fraction of sp³-hybridized carbons (Fsp3) is 0.318. The predicted octanol–water partition coefficient (Wildman–Crippen LogP) is 3.67. The highest BCUT2D eigenvalue weighted by molar-refractivity contribution is 9.10. The summed E-state index contributed by atoms with van der Waals surface area (Å²) in [5.74, 6) is -3.21. The zero-order valence-electron chi connectivity index (χ0n) is 16.1. The lowest BCUT2D eigenvalue weighted by atomic mass is 9.75. The van der Waals surface area contributed by atoms with Crippen LogP contribution in [0.1, 0.15) is 18.4 Å². The smallest absolute Gasteiger partial charge is 0.250 e. The molecular formula is C22H16BrClFN3O3. The molecule has 0 unspecified atom stereocenters. The van der Waals surface area contributed by atoms with E-state index in [0.717, 1.165) is 28.3 Å². The lowest BCUT2D eigenvalue weighted by molar-refractivity contribution is -0.135. The highest BCUT2D eigenvalue weighted by Gasteiger charge is 2.74. The van der Waals surface area contributed by atoms with Crippen LogP contribution in [0.15, 0.2) is 40.9 Å². The summed E-state index contributed by atoms with van der Waals surface area (Å²) in [7, 11) is 0. The van der Waals surface area contributed by atoms with Gasteiger partial charge in [-0.05, 0) is 55.8 Å². The molecule has 3 amide bonds. The van der Waals surface area contributed by atoms with Crippen LogP contribution < -0.4 is 10.2 Å². The van der Waals surface area contributed by atoms with Gasteiger partial charge in [0.25, 0.3) is 0 Å². The zero-order chi connectivity index (χ0) is 21.7. The number of imide groups is 1. The number of amides is 3. The van der Waals surface area contributed by atoms with Gasteiger partial charge >= 0.3 is 0 Å². The first-order valence-corrected chi connectivity index (χ1v) is 11.2. The maximum absolute atomic E-state index is 13.8. The third-order valence-corrected chi connectivity index (χ3v) is 7.90. The molecule has 2 aromatic rings. The molecule has 0 aromatic heterocycles. The van der Waals surface area contributed by atoms with Crippen LogP contribution in [0.4, 0.5) is 15.8 Å². The lowest BCUT2D eigenvalue weighted by Gasteiger charge is -2.36. The summed E-state index contributed by atoms with van der Waals surface area (Å²) in [6.45, 7) is 0.639. The van der Waals surface area contributed by atoms with Gasteiger partial charge < -0.3 is 5.32 Å². The van der Waals surface area contributed by atoms with Gasteiger partial charge in [-0.25, -0.2) is 9.29 Å². The number of carbonyl (C=O) groups is 3. The first-order valence-electron chi connectivity index (χ1n) is 10.1. The number of anilines is 2. The van der Waals surface area contributed by atoms with Crippen LogP contribution in [0.3, 0.4) is 0 Å². The summed E-state index contributed by atoms with van der Waals surface area (Å²) in [5.41, 5.74) is 0.355. The average Bonchev–Trinajstić information content (AvgIpc) is 3.43. The molecule has 31 heavy (non-hydrogen) atoms. The molecule has 158 valence electrons. The molecule has 3 fully saturated rings. The van der Waals surface area contributed by atoms with E-state index in [1.165, 1.54) is 12.1 Å². The number of nitrogens with one attached hydrogen (secondary N) is 1. The van der Waals surface area contributed by atoms with Crippen LogP contribution in [-0.2, 0) is 19.9 Å². The Morgan fingerprint density at radius 2 is 1.94 bits per heavy atom. The Morgan fingerprint density at radius 1 is 1.13 bits per heavy atom. The summed E-state index contributed by atoms with van der Waals surface area (Å²) in [4.78, 5) is 44.0. The second-order valence-electron chi connectivity index (χ2n) is 8.43. The Labute approximate surface area is 190 Å². The Morgan fingerprint density at radius 3 is 2.71 bits per heavy atom. The summed E-state index contributed by atoms with van der Waals surface area (Å²) >= 11 is 9.40. The molecule has 1 N–H and O–H groups in total. The molecule has 0 bridgehead atoms. The van der Waals surface area contributed by atoms with Gasteiger partial charge in [0.05, 0.1) is 22.5 Å². The SMILES string of the molecule is O=C1[C@@H]2[C@@H]3CCCN3[C@]3(C(=O)Nc4ccc(Br)cc43)[C@H]2C(=O)N1c1ccc(F)c(Cl)c1. The van der Waals surface area contributed by atoms with E-state index >= 15 is 0 Å². The number of fused-ring (bicyclic) bond motifs is 7. The predicted molar refractivity (Wildman–Crippen MR) is 115 cm³/mol. The zero-order valence-corrected chi connectivity index (χ0v) is 18.4. The number of carbonyl (C=O) groups excluding carboxylic acids is 3. The highest BCUT2D eigenvalue weighted by atomic mass is 79.9. The molecular weight excluding hydrogens is 489 g/mol. The van der Waals surface area contributed by atoms with Crippen molar-refractivity contribution in [3.05, 3.63) is 57.3 Å². The third-order valence-electron chi connectivity index (χ3n) is 7.12. The summed E-state index contributed by atoms with van der Waals surface area (Å²) in [6, 6.07) is 9.09. The van der Waals surface area contributed by atoms with Crippen molar-refractivity contribution < 1.29 is 18.8 Å². The maximum atomic E-state index is 13.8. The highest BCUT2D eigenvalue weighted by Crippen LogP contribution is 2.60. The van der Waals surface area contributed by atoms with E-state index in [-0.39, 0.29) is 28.6 Å². The second kappa shape index (κ2) is 6.37. The van der Waals surface area contributed by atoms with Gasteiger partial charge in [-0.3, -0.25) is 19.3 Å². The van der Waals surface area contributed by atoms with E-state index in [0.29, 0.717) is 17.8 Å². The summed E-state index contributed by atoms with van der Waals surface area (Å²) in [6.07, 6.45) is 1.58. The van der Waals surface area contributed by atoms with Crippen molar-refractivity contribution in [2.45, 2.75) is 24.4 Å². The molecule has 3 saturated heterocycles. The monoisotopic (exact) mass is 503 g/mol. The Balaban J connectivity index is 1.56. The van der Waals surface area contributed by atoms with Gasteiger partial charge in [-0.15, -0.1) is 0 Å². The first kappa shape index (κ1) is 19.4. The van der Waals surface area contributed by atoms with Crippen LogP contribution in [0.2, 0.25) is 5.02 Å². The molecule has 4 aliphatic rings. The first-order chi connectivity index (χ1) is 14.9. The molecule has 9 heteroatoms. The van der Waals surface area contributed by atoms with E-state index in [1.807, 2.05) is 18.2 Å². The van der Waals surface area contributed by atoms with E-state index in [4.69, 9.17) is 11.6 Å². The van der Waals surface area contributed by atoms with Crippen molar-refractivity contribution in [1.29, 1.82) is 0 Å². The minimum absolute atomic E-state index is 0.166. The van der Waals surface area contributed by atoms with Gasteiger partial charge in [0, 0.05) is 21.8 Å². The van der Waals surface area contributed by atoms with Crippen LogP contribution in [0.5, 0.6) is 0 Å². The van der Waals surface area contributed by atoms with Crippen LogP contribution in [0, 0.1) is 17.7 Å². The van der Waals surface area contributed by atoms with Gasteiger partial charge in [-0.1, -0.05) is 27.5 Å². The minimum atomic E-state index is -1.24. The Bertz CT molecular complexity index is 1210. The number of rotatable bonds is 1. The maximum Gasteiger partial charge on any atom is 0.250 e. The molecule has 0 aliphatic carbocycles. The molecule has 4 aliphatic heterocycles. The van der Waals surface area contributed by atoms with Gasteiger partial charge in [0.15, 0.2) is 0 Å². The molecule has 4 atom stereocenters. The van der Waals surface area contributed by atoms with Gasteiger partial charge in [0.1, 0.15) is 11.4 Å². The topological polar surface area (TPSA) is 69.7 Å². The van der Waals surface area contributed by atoms with E-state index in [1.54, 1.807) is 0 Å². The molecule has 2 aromatic carbocycles. The number of halogens is 3. The second-order valence-corrected chi connectivity index (χ2v) is 9.75. The molecule has 0 saturated carbocycles. The molecule has 6 nitrogen and oxygen atoms in total. The van der Waals surface area contributed by atoms with Gasteiger partial charge in [0.2, 0.25) is 17.7 Å². The largest absolute Gasteiger partial charge is 0.324 e. The van der Waals surface area contributed by atoms with Crippen molar-refractivity contribution >= 4 is 56.6 Å². The summed E-state index contributed by atoms with van der Waals surface area (Å²) < 4.78 is 14.5. The minimum Gasteiger partial charge on any atom is -0.324 e. The standard InChI is InChI=1S/C22H16BrClFN3O3/c23-10-3-6-15-12(8-10)22(21(31)26-15)18-17(16-2-1-7-27(16)22)19(29)28(20(18)30)11-4-5-14(25)13(24)9-11/h3-6,8-9,16-18H,1-2,7H2,(H,26,31)/t16-,17+,18+,22-/m0/s1. The number of hydrogen-bond donors (Lipinski definition) is 1. The average molecular weight is 505 g/mol. The number of benzene rings is 2. The molecule has 4 heterocycles. The quantitative estimate of drug-likeness (QED) is 0.602. The van der Waals surface area contributed by atoms with Crippen molar-refractivity contribution in [3.63, 3.8) is 0 Å². The Kier molecular flexibility index (Phi) is 3.99. The van der Waals surface area contributed by atoms with Crippen molar-refractivity contribution in [1.82, 2.24) is 4.90 Å². The molecule has 1 spiro atoms. The van der Waals surface area contributed by atoms with E-state index in [9.17, 15) is 18.8 Å². The Hall–Kier alpha value is -2.29. The molecule has 6 rings (SSSR count). The van der Waals surface area contributed by atoms with Crippen LogP contribution in [-0.4, -0.2) is 35.2 Å². The van der Waals surface area contributed by atoms with Crippen molar-refractivity contribution in [2.75, 3.05) is 16.8 Å². The number of hydrogen-bond acceptors (Lipinski definition) is 4. The van der Waals surface area contributed by atoms with Gasteiger partial charge in [-0.2, -0.15) is 0 Å². The van der Waals surface area contributed by atoms with Crippen LogP contribution >= 0.6 is 27.5 Å². The van der Waals surface area contributed by atoms with E-state index in [2.05, 4.69) is 26.1 Å². The van der Waals surface area contributed by atoms with E-state index < -0.39 is 29.1 Å². The normalized spacial score (nSPS) is 31.4. The number of nitrogens with zero attached hydrogens (tertiary/aromatic N) is 2. The summed E-state index contributed by atoms with van der Waals surface area (Å²) in [5, 5.41) is 2.77. The van der Waals surface area contributed by atoms with Crippen LogP contribution in [0.25, 0.3) is 0 Å². The third kappa shape index (κ3) is 2.28.